The quantitative estimate of drug-likeness (QED) is 0.538. The molecule has 0 amide bonds. The molecule has 32 heavy (non-hydrogen) atoms. The van der Waals surface area contributed by atoms with Crippen molar-refractivity contribution in [3.05, 3.63) is 72.4 Å². The molecule has 2 unspecified atom stereocenters. The molecular formula is C26H38N4OSi. The minimum absolute atomic E-state index is 0.00440. The van der Waals surface area contributed by atoms with Crippen molar-refractivity contribution in [2.45, 2.75) is 58.2 Å². The van der Waals surface area contributed by atoms with Gasteiger partial charge in [0.15, 0.2) is 5.96 Å². The number of nitrogens with one attached hydrogen (secondary N) is 1. The molecule has 0 fully saturated rings. The second-order valence-electron chi connectivity index (χ2n) is 9.80. The molecule has 0 saturated heterocycles. The van der Waals surface area contributed by atoms with Crippen LogP contribution in [0.5, 0.6) is 0 Å². The zero-order chi connectivity index (χ0) is 23.4. The van der Waals surface area contributed by atoms with Crippen LogP contribution >= 0.6 is 0 Å². The lowest BCUT2D eigenvalue weighted by Crippen LogP contribution is -2.67. The van der Waals surface area contributed by atoms with E-state index in [0.717, 1.165) is 18.5 Å². The first-order chi connectivity index (χ1) is 15.1. The van der Waals surface area contributed by atoms with E-state index < -0.39 is 14.0 Å². The van der Waals surface area contributed by atoms with Gasteiger partial charge in [-0.3, -0.25) is 0 Å². The van der Waals surface area contributed by atoms with Crippen molar-refractivity contribution < 1.29 is 4.43 Å². The minimum atomic E-state index is -2.64. The Morgan fingerprint density at radius 3 is 2.00 bits per heavy atom. The summed E-state index contributed by atoms with van der Waals surface area (Å²) in [5, 5.41) is 5.50. The topological polar surface area (TPSA) is 85.7 Å². The van der Waals surface area contributed by atoms with E-state index in [4.69, 9.17) is 15.9 Å². The highest BCUT2D eigenvalue weighted by molar-refractivity contribution is 6.99. The van der Waals surface area contributed by atoms with Crippen LogP contribution in [0.4, 0.5) is 0 Å². The van der Waals surface area contributed by atoms with Gasteiger partial charge in [-0.25, -0.2) is 4.99 Å². The monoisotopic (exact) mass is 450 g/mol. The SMILES string of the molecule is CCCC(CO[Si](c1ccccc1)(c1ccccc1)C(C)(C)C)C1(N)C=C(C)NC(N)=N1. The summed E-state index contributed by atoms with van der Waals surface area (Å²) >= 11 is 0. The predicted octanol–water partition coefficient (Wildman–Crippen LogP) is 3.46. The van der Waals surface area contributed by atoms with Gasteiger partial charge in [-0.1, -0.05) is 94.8 Å². The zero-order valence-electron chi connectivity index (χ0n) is 20.1. The van der Waals surface area contributed by atoms with E-state index >= 15 is 0 Å². The molecule has 1 aliphatic rings. The van der Waals surface area contributed by atoms with E-state index in [0.29, 0.717) is 12.6 Å². The van der Waals surface area contributed by atoms with Crippen LogP contribution in [0.1, 0.15) is 47.5 Å². The molecule has 0 saturated carbocycles. The molecule has 0 spiro atoms. The molecule has 0 bridgehead atoms. The van der Waals surface area contributed by atoms with Gasteiger partial charge in [-0.05, 0) is 34.8 Å². The molecule has 0 aliphatic carbocycles. The number of nitrogens with zero attached hydrogens (tertiary/aromatic N) is 1. The summed E-state index contributed by atoms with van der Waals surface area (Å²) in [7, 11) is -2.64. The molecule has 5 N–H and O–H groups in total. The van der Waals surface area contributed by atoms with Gasteiger partial charge >= 0.3 is 0 Å². The van der Waals surface area contributed by atoms with Gasteiger partial charge in [0, 0.05) is 18.2 Å². The van der Waals surface area contributed by atoms with Crippen molar-refractivity contribution in [1.29, 1.82) is 0 Å². The first-order valence-electron chi connectivity index (χ1n) is 11.5. The molecule has 6 heteroatoms. The largest absolute Gasteiger partial charge is 0.407 e. The van der Waals surface area contributed by atoms with E-state index in [1.54, 1.807) is 0 Å². The lowest BCUT2D eigenvalue weighted by Gasteiger charge is -2.45. The Morgan fingerprint density at radius 1 is 1.03 bits per heavy atom. The number of benzene rings is 2. The van der Waals surface area contributed by atoms with Crippen molar-refractivity contribution in [1.82, 2.24) is 5.32 Å². The summed E-state index contributed by atoms with van der Waals surface area (Å²) in [6.07, 6.45) is 3.87. The van der Waals surface area contributed by atoms with Crippen LogP contribution in [-0.4, -0.2) is 26.5 Å². The summed E-state index contributed by atoms with van der Waals surface area (Å²) < 4.78 is 7.17. The van der Waals surface area contributed by atoms with Crippen LogP contribution in [-0.2, 0) is 4.43 Å². The van der Waals surface area contributed by atoms with Gasteiger partial charge in [-0.15, -0.1) is 0 Å². The maximum absolute atomic E-state index is 7.17. The Morgan fingerprint density at radius 2 is 1.56 bits per heavy atom. The number of hydrogen-bond acceptors (Lipinski definition) is 5. The molecule has 172 valence electrons. The number of aliphatic imine (C=N–C) groups is 1. The van der Waals surface area contributed by atoms with Crippen molar-refractivity contribution in [2.75, 3.05) is 6.61 Å². The zero-order valence-corrected chi connectivity index (χ0v) is 21.1. The van der Waals surface area contributed by atoms with Crippen molar-refractivity contribution >= 4 is 24.7 Å². The number of rotatable bonds is 8. The van der Waals surface area contributed by atoms with Gasteiger partial charge < -0.3 is 21.2 Å². The molecule has 0 radical (unpaired) electrons. The second-order valence-corrected chi connectivity index (χ2v) is 14.1. The number of nitrogens with two attached hydrogens (primary N) is 2. The summed E-state index contributed by atoms with van der Waals surface area (Å²) in [4.78, 5) is 4.61. The Bertz CT molecular complexity index is 893. The maximum Gasteiger partial charge on any atom is 0.261 e. The highest BCUT2D eigenvalue weighted by Gasteiger charge is 2.51. The van der Waals surface area contributed by atoms with Crippen LogP contribution in [0.15, 0.2) is 77.4 Å². The first-order valence-corrected chi connectivity index (χ1v) is 13.4. The van der Waals surface area contributed by atoms with Crippen LogP contribution in [0.25, 0.3) is 0 Å². The Balaban J connectivity index is 2.08. The van der Waals surface area contributed by atoms with E-state index in [1.165, 1.54) is 10.4 Å². The van der Waals surface area contributed by atoms with Crippen LogP contribution in [0.2, 0.25) is 5.04 Å². The van der Waals surface area contributed by atoms with Crippen LogP contribution in [0, 0.1) is 5.92 Å². The maximum atomic E-state index is 7.17. The first kappa shape index (κ1) is 24.2. The molecular weight excluding hydrogens is 412 g/mol. The van der Waals surface area contributed by atoms with E-state index in [1.807, 2.05) is 13.0 Å². The molecule has 2 aromatic carbocycles. The van der Waals surface area contributed by atoms with Crippen molar-refractivity contribution in [2.24, 2.45) is 22.4 Å². The molecule has 3 rings (SSSR count). The summed E-state index contributed by atoms with van der Waals surface area (Å²) in [5.74, 6) is 0.365. The second kappa shape index (κ2) is 9.61. The fourth-order valence-electron chi connectivity index (χ4n) is 4.85. The Labute approximate surface area is 194 Å². The van der Waals surface area contributed by atoms with E-state index in [-0.39, 0.29) is 11.0 Å². The summed E-state index contributed by atoms with van der Waals surface area (Å²) in [5.41, 5.74) is 12.9. The van der Waals surface area contributed by atoms with Crippen LogP contribution < -0.4 is 27.2 Å². The molecule has 0 aromatic heterocycles. The van der Waals surface area contributed by atoms with Gasteiger partial charge in [-0.2, -0.15) is 0 Å². The Hall–Kier alpha value is -2.41. The third kappa shape index (κ3) is 4.82. The molecule has 2 aromatic rings. The third-order valence-electron chi connectivity index (χ3n) is 6.30. The Kier molecular flexibility index (Phi) is 7.28. The average Bonchev–Trinajstić information content (AvgIpc) is 2.73. The lowest BCUT2D eigenvalue weighted by molar-refractivity contribution is 0.176. The van der Waals surface area contributed by atoms with Crippen LogP contribution in [0.3, 0.4) is 0 Å². The lowest BCUT2D eigenvalue weighted by atomic mass is 9.88. The fraction of sp³-hybridized carbons (Fsp3) is 0.423. The van der Waals surface area contributed by atoms with Crippen molar-refractivity contribution in [3.63, 3.8) is 0 Å². The summed E-state index contributed by atoms with van der Waals surface area (Å²) in [6.45, 7) is 11.5. The fourth-order valence-corrected chi connectivity index (χ4v) is 9.45. The van der Waals surface area contributed by atoms with E-state index in [2.05, 4.69) is 98.7 Å². The summed E-state index contributed by atoms with van der Waals surface area (Å²) in [6, 6.07) is 21.4. The molecule has 2 atom stereocenters. The normalized spacial score (nSPS) is 20.2. The number of allylic oxidation sites excluding steroid dienone is 1. The van der Waals surface area contributed by atoms with E-state index in [9.17, 15) is 0 Å². The predicted molar refractivity (Wildman–Crippen MR) is 137 cm³/mol. The highest BCUT2D eigenvalue weighted by atomic mass is 28.4. The van der Waals surface area contributed by atoms with Crippen molar-refractivity contribution in [3.8, 4) is 0 Å². The van der Waals surface area contributed by atoms with Gasteiger partial charge in [0.1, 0.15) is 5.66 Å². The van der Waals surface area contributed by atoms with Gasteiger partial charge in [0.25, 0.3) is 8.32 Å². The minimum Gasteiger partial charge on any atom is -0.407 e. The van der Waals surface area contributed by atoms with Gasteiger partial charge in [0.2, 0.25) is 0 Å². The standard InChI is InChI=1S/C26H38N4OSi/c1-6-13-21(26(28)18-20(2)29-24(27)30-26)19-31-32(25(3,4)5,22-14-9-7-10-15-22)23-16-11-8-12-17-23/h7-12,14-18,21H,6,13,19,28H2,1-5H3,(H3,27,29,30). The average molecular weight is 451 g/mol. The third-order valence-corrected chi connectivity index (χ3v) is 11.3. The van der Waals surface area contributed by atoms with Gasteiger partial charge in [0.05, 0.1) is 0 Å². The number of hydrogen-bond donors (Lipinski definition) is 3. The molecule has 1 aliphatic heterocycles. The smallest absolute Gasteiger partial charge is 0.261 e. The highest BCUT2D eigenvalue weighted by Crippen LogP contribution is 2.38. The number of guanidine groups is 1. The molecule has 1 heterocycles. The molecule has 5 nitrogen and oxygen atoms in total.